The monoisotopic (exact) mass is 320 g/mol. The molecule has 0 aliphatic carbocycles. The number of hydrogen-bond donors (Lipinski definition) is 1. The molecule has 1 N–H and O–H groups in total. The Morgan fingerprint density at radius 2 is 2.17 bits per heavy atom. The molecule has 1 aromatic rings. The molecule has 128 valence electrons. The van der Waals surface area contributed by atoms with Gasteiger partial charge in [-0.3, -0.25) is 0 Å². The number of amides is 1. The van der Waals surface area contributed by atoms with E-state index in [2.05, 4.69) is 29.3 Å². The molecule has 1 unspecified atom stereocenters. The van der Waals surface area contributed by atoms with Crippen molar-refractivity contribution in [3.63, 3.8) is 0 Å². The van der Waals surface area contributed by atoms with Crippen molar-refractivity contribution in [2.75, 3.05) is 24.6 Å². The number of nitrogens with one attached hydrogen (secondary N) is 1. The van der Waals surface area contributed by atoms with E-state index in [0.29, 0.717) is 0 Å². The lowest BCUT2D eigenvalue weighted by atomic mass is 10.1. The molecule has 1 amide bonds. The molecule has 1 saturated heterocycles. The van der Waals surface area contributed by atoms with Crippen LogP contribution in [-0.4, -0.2) is 37.5 Å². The van der Waals surface area contributed by atoms with Gasteiger partial charge < -0.3 is 19.7 Å². The second-order valence-corrected chi connectivity index (χ2v) is 7.09. The molecule has 5 heteroatoms. The highest BCUT2D eigenvalue weighted by Gasteiger charge is 2.20. The minimum Gasteiger partial charge on any atom is -0.444 e. The largest absolute Gasteiger partial charge is 0.444 e. The lowest BCUT2D eigenvalue weighted by molar-refractivity contribution is 0.0508. The van der Waals surface area contributed by atoms with Gasteiger partial charge in [-0.15, -0.1) is 0 Å². The van der Waals surface area contributed by atoms with Gasteiger partial charge in [0, 0.05) is 18.8 Å². The number of morpholine rings is 1. The number of hydrogen-bond acceptors (Lipinski definition) is 4. The third kappa shape index (κ3) is 5.43. The number of anilines is 1. The molecule has 0 radical (unpaired) electrons. The topological polar surface area (TPSA) is 50.8 Å². The van der Waals surface area contributed by atoms with Crippen LogP contribution in [0.1, 0.15) is 46.2 Å². The van der Waals surface area contributed by atoms with Crippen molar-refractivity contribution < 1.29 is 14.3 Å². The molecule has 5 nitrogen and oxygen atoms in total. The van der Waals surface area contributed by atoms with Crippen molar-refractivity contribution in [1.82, 2.24) is 5.32 Å². The predicted octanol–water partition coefficient (Wildman–Crippen LogP) is 3.50. The average Bonchev–Trinajstić information content (AvgIpc) is 2.45. The molecule has 0 bridgehead atoms. The highest BCUT2D eigenvalue weighted by atomic mass is 16.6. The Morgan fingerprint density at radius 1 is 1.43 bits per heavy atom. The van der Waals surface area contributed by atoms with Crippen LogP contribution in [0.3, 0.4) is 0 Å². The third-order valence-corrected chi connectivity index (χ3v) is 3.71. The summed E-state index contributed by atoms with van der Waals surface area (Å²) in [6.45, 7) is 12.1. The highest BCUT2D eigenvalue weighted by molar-refractivity contribution is 5.68. The lowest BCUT2D eigenvalue weighted by Crippen LogP contribution is -2.41. The number of carbonyl (C=O) groups is 1. The van der Waals surface area contributed by atoms with Crippen LogP contribution in [-0.2, 0) is 9.47 Å². The summed E-state index contributed by atoms with van der Waals surface area (Å²) in [4.78, 5) is 14.2. The quantitative estimate of drug-likeness (QED) is 0.926. The van der Waals surface area contributed by atoms with Gasteiger partial charge >= 0.3 is 6.09 Å². The maximum atomic E-state index is 11.9. The SMILES string of the molecule is CC1CN(c2cccc([C@H](C)NC(=O)OC(C)(C)C)c2)CCO1. The van der Waals surface area contributed by atoms with E-state index >= 15 is 0 Å². The minimum absolute atomic E-state index is 0.108. The highest BCUT2D eigenvalue weighted by Crippen LogP contribution is 2.23. The van der Waals surface area contributed by atoms with Crippen molar-refractivity contribution in [1.29, 1.82) is 0 Å². The fourth-order valence-electron chi connectivity index (χ4n) is 2.61. The molecule has 1 aliphatic heterocycles. The van der Waals surface area contributed by atoms with Crippen molar-refractivity contribution in [3.05, 3.63) is 29.8 Å². The number of alkyl carbamates (subject to hydrolysis) is 1. The van der Waals surface area contributed by atoms with E-state index < -0.39 is 11.7 Å². The van der Waals surface area contributed by atoms with Gasteiger partial charge in [0.05, 0.1) is 18.8 Å². The van der Waals surface area contributed by atoms with Gasteiger partial charge in [0.15, 0.2) is 0 Å². The normalized spacial score (nSPS) is 20.0. The summed E-state index contributed by atoms with van der Waals surface area (Å²) in [6, 6.07) is 8.17. The predicted molar refractivity (Wildman–Crippen MR) is 91.9 cm³/mol. The van der Waals surface area contributed by atoms with Crippen molar-refractivity contribution in [2.45, 2.75) is 52.4 Å². The second kappa shape index (κ2) is 7.21. The standard InChI is InChI=1S/C18H28N2O3/c1-13-12-20(9-10-22-13)16-8-6-7-15(11-16)14(2)19-17(21)23-18(3,4)5/h6-8,11,13-14H,9-10,12H2,1-5H3,(H,19,21)/t13?,14-/m0/s1. The Balaban J connectivity index is 2.02. The summed E-state index contributed by atoms with van der Waals surface area (Å²) in [5, 5.41) is 2.89. The van der Waals surface area contributed by atoms with Crippen LogP contribution in [0, 0.1) is 0 Å². The first-order chi connectivity index (χ1) is 10.7. The summed E-state index contributed by atoms with van der Waals surface area (Å²) in [5.74, 6) is 0. The molecule has 0 aromatic heterocycles. The number of benzene rings is 1. The summed E-state index contributed by atoms with van der Waals surface area (Å²) in [5.41, 5.74) is 1.73. The molecule has 23 heavy (non-hydrogen) atoms. The van der Waals surface area contributed by atoms with Crippen molar-refractivity contribution in [3.8, 4) is 0 Å². The van der Waals surface area contributed by atoms with Crippen molar-refractivity contribution >= 4 is 11.8 Å². The molecule has 1 aliphatic rings. The van der Waals surface area contributed by atoms with Gasteiger partial charge in [0.25, 0.3) is 0 Å². The zero-order valence-electron chi connectivity index (χ0n) is 14.8. The van der Waals surface area contributed by atoms with E-state index in [1.165, 1.54) is 0 Å². The van der Waals surface area contributed by atoms with E-state index in [0.717, 1.165) is 30.9 Å². The zero-order chi connectivity index (χ0) is 17.0. The maximum absolute atomic E-state index is 11.9. The Labute approximate surface area is 139 Å². The lowest BCUT2D eigenvalue weighted by Gasteiger charge is -2.33. The van der Waals surface area contributed by atoms with E-state index in [-0.39, 0.29) is 12.1 Å². The van der Waals surface area contributed by atoms with Crippen LogP contribution in [0.2, 0.25) is 0 Å². The Morgan fingerprint density at radius 3 is 2.83 bits per heavy atom. The number of ether oxygens (including phenoxy) is 2. The van der Waals surface area contributed by atoms with Crippen LogP contribution < -0.4 is 10.2 Å². The molecule has 2 atom stereocenters. The minimum atomic E-state index is -0.490. The third-order valence-electron chi connectivity index (χ3n) is 3.71. The Kier molecular flexibility index (Phi) is 5.52. The summed E-state index contributed by atoms with van der Waals surface area (Å²) in [6.07, 6.45) is -0.153. The van der Waals surface area contributed by atoms with E-state index in [4.69, 9.17) is 9.47 Å². The van der Waals surface area contributed by atoms with Gasteiger partial charge in [0.1, 0.15) is 5.60 Å². The molecular formula is C18H28N2O3. The maximum Gasteiger partial charge on any atom is 0.408 e. The van der Waals surface area contributed by atoms with Gasteiger partial charge in [-0.25, -0.2) is 4.79 Å². The van der Waals surface area contributed by atoms with E-state index in [9.17, 15) is 4.79 Å². The summed E-state index contributed by atoms with van der Waals surface area (Å²) < 4.78 is 10.9. The second-order valence-electron chi connectivity index (χ2n) is 7.09. The van der Waals surface area contributed by atoms with Crippen molar-refractivity contribution in [2.24, 2.45) is 0 Å². The molecule has 0 spiro atoms. The summed E-state index contributed by atoms with van der Waals surface area (Å²) >= 11 is 0. The van der Waals surface area contributed by atoms with Crippen LogP contribution in [0.15, 0.2) is 24.3 Å². The van der Waals surface area contributed by atoms with Gasteiger partial charge in [-0.2, -0.15) is 0 Å². The van der Waals surface area contributed by atoms with Crippen LogP contribution in [0.5, 0.6) is 0 Å². The first-order valence-electron chi connectivity index (χ1n) is 8.20. The first kappa shape index (κ1) is 17.6. The first-order valence-corrected chi connectivity index (χ1v) is 8.20. The summed E-state index contributed by atoms with van der Waals surface area (Å²) in [7, 11) is 0. The number of carbonyl (C=O) groups excluding carboxylic acids is 1. The fourth-order valence-corrected chi connectivity index (χ4v) is 2.61. The molecule has 1 fully saturated rings. The molecule has 1 heterocycles. The van der Waals surface area contributed by atoms with Gasteiger partial charge in [0.2, 0.25) is 0 Å². The van der Waals surface area contributed by atoms with E-state index in [1.54, 1.807) is 0 Å². The zero-order valence-corrected chi connectivity index (χ0v) is 14.8. The molecular weight excluding hydrogens is 292 g/mol. The van der Waals surface area contributed by atoms with E-state index in [1.807, 2.05) is 39.8 Å². The molecule has 1 aromatic carbocycles. The van der Waals surface area contributed by atoms with Gasteiger partial charge in [-0.1, -0.05) is 12.1 Å². The van der Waals surface area contributed by atoms with Crippen LogP contribution in [0.25, 0.3) is 0 Å². The Hall–Kier alpha value is -1.75. The molecule has 0 saturated carbocycles. The fraction of sp³-hybridized carbons (Fsp3) is 0.611. The number of rotatable bonds is 3. The smallest absolute Gasteiger partial charge is 0.408 e. The average molecular weight is 320 g/mol. The van der Waals surface area contributed by atoms with Gasteiger partial charge in [-0.05, 0) is 52.3 Å². The van der Waals surface area contributed by atoms with Crippen LogP contribution >= 0.6 is 0 Å². The Bertz CT molecular complexity index is 539. The van der Waals surface area contributed by atoms with Crippen LogP contribution in [0.4, 0.5) is 10.5 Å². The molecule has 2 rings (SSSR count). The number of nitrogens with zero attached hydrogens (tertiary/aromatic N) is 1.